The zero-order valence-electron chi connectivity index (χ0n) is 9.17. The molecule has 0 spiro atoms. The van der Waals surface area contributed by atoms with Crippen molar-refractivity contribution in [3.63, 3.8) is 0 Å². The van der Waals surface area contributed by atoms with E-state index in [9.17, 15) is 10.2 Å². The molecule has 0 radical (unpaired) electrons. The van der Waals surface area contributed by atoms with E-state index in [1.54, 1.807) is 6.20 Å². The first-order valence-electron chi connectivity index (χ1n) is 5.31. The van der Waals surface area contributed by atoms with Crippen LogP contribution in [-0.2, 0) is 13.6 Å². The average molecular weight is 290 g/mol. The number of halogens is 1. The van der Waals surface area contributed by atoms with E-state index < -0.39 is 0 Å². The number of β-amino-alcohol motifs (C(OH)–C–C–N with tert-alkyl or cyclic N) is 1. The fourth-order valence-corrected chi connectivity index (χ4v) is 2.62. The van der Waals surface area contributed by atoms with Crippen molar-refractivity contribution in [3.05, 3.63) is 16.4 Å². The lowest BCUT2D eigenvalue weighted by Crippen LogP contribution is -2.32. The second-order valence-corrected chi connectivity index (χ2v) is 5.07. The second-order valence-electron chi connectivity index (χ2n) is 4.22. The van der Waals surface area contributed by atoms with Gasteiger partial charge in [-0.1, -0.05) is 0 Å². The largest absolute Gasteiger partial charge is 0.395 e. The number of aliphatic hydroxyl groups is 2. The quantitative estimate of drug-likeness (QED) is 0.829. The van der Waals surface area contributed by atoms with Crippen molar-refractivity contribution < 1.29 is 10.2 Å². The molecule has 1 aliphatic rings. The van der Waals surface area contributed by atoms with Crippen molar-refractivity contribution in [2.75, 3.05) is 13.2 Å². The topological polar surface area (TPSA) is 61.5 Å². The van der Waals surface area contributed by atoms with Gasteiger partial charge in [0.2, 0.25) is 0 Å². The van der Waals surface area contributed by atoms with Gasteiger partial charge in [-0.2, -0.15) is 5.10 Å². The van der Waals surface area contributed by atoms with Crippen molar-refractivity contribution in [2.45, 2.75) is 25.1 Å². The second kappa shape index (κ2) is 4.83. The molecule has 1 aromatic rings. The Bertz CT molecular complexity index is 349. The van der Waals surface area contributed by atoms with Gasteiger partial charge < -0.3 is 10.2 Å². The fourth-order valence-electron chi connectivity index (χ4n) is 2.15. The van der Waals surface area contributed by atoms with Gasteiger partial charge in [0.25, 0.3) is 0 Å². The highest BCUT2D eigenvalue weighted by molar-refractivity contribution is 9.10. The molecule has 5 nitrogen and oxygen atoms in total. The monoisotopic (exact) mass is 289 g/mol. The van der Waals surface area contributed by atoms with Crippen LogP contribution in [0.25, 0.3) is 0 Å². The molecule has 2 atom stereocenters. The lowest BCUT2D eigenvalue weighted by atomic mass is 10.2. The van der Waals surface area contributed by atoms with Crippen LogP contribution in [0.1, 0.15) is 12.1 Å². The molecule has 1 fully saturated rings. The molecule has 90 valence electrons. The van der Waals surface area contributed by atoms with Crippen molar-refractivity contribution in [1.29, 1.82) is 0 Å². The number of nitrogens with zero attached hydrogens (tertiary/aromatic N) is 3. The number of likely N-dealkylation sites (tertiary alicyclic amines) is 1. The van der Waals surface area contributed by atoms with Crippen LogP contribution >= 0.6 is 15.9 Å². The standard InChI is InChI=1S/C10H16BrN3O2/c1-13-10(9(11)3-12-13)5-14-4-8(16)2-7(14)6-15/h3,7-8,15-16H,2,4-6H2,1H3/t7-,8-/m0/s1. The summed E-state index contributed by atoms with van der Waals surface area (Å²) in [6, 6.07) is 0.0526. The number of aromatic nitrogens is 2. The highest BCUT2D eigenvalue weighted by atomic mass is 79.9. The predicted molar refractivity (Wildman–Crippen MR) is 62.8 cm³/mol. The van der Waals surface area contributed by atoms with Crippen LogP contribution in [0.2, 0.25) is 0 Å². The molecule has 1 aromatic heterocycles. The van der Waals surface area contributed by atoms with Gasteiger partial charge in [0.05, 0.1) is 29.1 Å². The van der Waals surface area contributed by atoms with Gasteiger partial charge in [-0.25, -0.2) is 0 Å². The van der Waals surface area contributed by atoms with Gasteiger partial charge in [-0.15, -0.1) is 0 Å². The van der Waals surface area contributed by atoms with E-state index in [-0.39, 0.29) is 18.8 Å². The van der Waals surface area contributed by atoms with Crippen LogP contribution in [-0.4, -0.2) is 50.2 Å². The summed E-state index contributed by atoms with van der Waals surface area (Å²) >= 11 is 3.45. The third-order valence-corrected chi connectivity index (χ3v) is 3.74. The first-order valence-corrected chi connectivity index (χ1v) is 6.10. The van der Waals surface area contributed by atoms with E-state index in [4.69, 9.17) is 0 Å². The summed E-state index contributed by atoms with van der Waals surface area (Å²) in [5.74, 6) is 0. The van der Waals surface area contributed by atoms with Crippen molar-refractivity contribution in [1.82, 2.24) is 14.7 Å². The molecule has 1 saturated heterocycles. The van der Waals surface area contributed by atoms with Crippen LogP contribution in [0.5, 0.6) is 0 Å². The first kappa shape index (κ1) is 12.0. The Hall–Kier alpha value is -0.430. The van der Waals surface area contributed by atoms with Crippen LogP contribution in [0.15, 0.2) is 10.7 Å². The number of aryl methyl sites for hydroxylation is 1. The molecular formula is C10H16BrN3O2. The number of aliphatic hydroxyl groups excluding tert-OH is 2. The number of hydrogen-bond acceptors (Lipinski definition) is 4. The number of rotatable bonds is 3. The van der Waals surface area contributed by atoms with E-state index in [0.29, 0.717) is 19.5 Å². The Morgan fingerprint density at radius 1 is 1.62 bits per heavy atom. The number of hydrogen-bond donors (Lipinski definition) is 2. The minimum Gasteiger partial charge on any atom is -0.395 e. The molecule has 0 aliphatic carbocycles. The summed E-state index contributed by atoms with van der Waals surface area (Å²) in [7, 11) is 1.89. The van der Waals surface area contributed by atoms with E-state index >= 15 is 0 Å². The Balaban J connectivity index is 2.09. The molecule has 0 aromatic carbocycles. The molecular weight excluding hydrogens is 274 g/mol. The summed E-state index contributed by atoms with van der Waals surface area (Å²) in [5, 5.41) is 23.0. The minimum atomic E-state index is -0.329. The lowest BCUT2D eigenvalue weighted by Gasteiger charge is -2.22. The maximum Gasteiger partial charge on any atom is 0.0683 e. The van der Waals surface area contributed by atoms with Gasteiger partial charge in [-0.05, 0) is 22.4 Å². The van der Waals surface area contributed by atoms with Crippen molar-refractivity contribution in [3.8, 4) is 0 Å². The third-order valence-electron chi connectivity index (χ3n) is 3.08. The van der Waals surface area contributed by atoms with E-state index in [1.807, 2.05) is 11.7 Å². The summed E-state index contributed by atoms with van der Waals surface area (Å²) < 4.78 is 2.77. The van der Waals surface area contributed by atoms with Crippen LogP contribution in [0.3, 0.4) is 0 Å². The summed E-state index contributed by atoms with van der Waals surface area (Å²) in [4.78, 5) is 2.09. The summed E-state index contributed by atoms with van der Waals surface area (Å²) in [5.41, 5.74) is 1.06. The minimum absolute atomic E-state index is 0.0526. The molecule has 2 heterocycles. The molecule has 16 heavy (non-hydrogen) atoms. The van der Waals surface area contributed by atoms with Crippen molar-refractivity contribution in [2.24, 2.45) is 7.05 Å². The van der Waals surface area contributed by atoms with Gasteiger partial charge in [0.1, 0.15) is 0 Å². The predicted octanol–water partition coefficient (Wildman–Crippen LogP) is 0.110. The normalized spacial score (nSPS) is 26.5. The Morgan fingerprint density at radius 2 is 2.38 bits per heavy atom. The summed E-state index contributed by atoms with van der Waals surface area (Å²) in [6.07, 6.45) is 2.08. The average Bonchev–Trinajstić information content (AvgIpc) is 2.75. The third kappa shape index (κ3) is 2.29. The smallest absolute Gasteiger partial charge is 0.0683 e. The molecule has 6 heteroatoms. The van der Waals surface area contributed by atoms with Crippen LogP contribution < -0.4 is 0 Å². The highest BCUT2D eigenvalue weighted by Crippen LogP contribution is 2.23. The van der Waals surface area contributed by atoms with Crippen molar-refractivity contribution >= 4 is 15.9 Å². The zero-order chi connectivity index (χ0) is 11.7. The first-order chi connectivity index (χ1) is 7.61. The van der Waals surface area contributed by atoms with Crippen LogP contribution in [0.4, 0.5) is 0 Å². The molecule has 0 bridgehead atoms. The van der Waals surface area contributed by atoms with Gasteiger partial charge in [0.15, 0.2) is 0 Å². The van der Waals surface area contributed by atoms with Crippen LogP contribution in [0, 0.1) is 0 Å². The Morgan fingerprint density at radius 3 is 2.94 bits per heavy atom. The summed E-state index contributed by atoms with van der Waals surface area (Å²) in [6.45, 7) is 1.40. The van der Waals surface area contributed by atoms with E-state index in [2.05, 4.69) is 25.9 Å². The molecule has 2 rings (SSSR count). The highest BCUT2D eigenvalue weighted by Gasteiger charge is 2.31. The zero-order valence-corrected chi connectivity index (χ0v) is 10.8. The fraction of sp³-hybridized carbons (Fsp3) is 0.700. The maximum atomic E-state index is 9.58. The van der Waals surface area contributed by atoms with E-state index in [0.717, 1.165) is 10.2 Å². The Labute approximate surface area is 103 Å². The molecule has 1 aliphatic heterocycles. The molecule has 0 unspecified atom stereocenters. The van der Waals surface area contributed by atoms with Gasteiger partial charge in [-0.3, -0.25) is 9.58 Å². The maximum absolute atomic E-state index is 9.58. The molecule has 0 saturated carbocycles. The molecule has 2 N–H and O–H groups in total. The van der Waals surface area contributed by atoms with E-state index in [1.165, 1.54) is 0 Å². The Kier molecular flexibility index (Phi) is 3.63. The van der Waals surface area contributed by atoms with Gasteiger partial charge in [0, 0.05) is 26.2 Å². The molecule has 0 amide bonds. The lowest BCUT2D eigenvalue weighted by molar-refractivity contribution is 0.147. The van der Waals surface area contributed by atoms with Gasteiger partial charge >= 0.3 is 0 Å². The SMILES string of the molecule is Cn1ncc(Br)c1CN1C[C@@H](O)C[C@H]1CO.